The Morgan fingerprint density at radius 3 is 2.44 bits per heavy atom. The molecule has 3 heteroatoms. The minimum Gasteiger partial charge on any atom is -0.478 e. The summed E-state index contributed by atoms with van der Waals surface area (Å²) in [5.41, 5.74) is 7.34. The van der Waals surface area contributed by atoms with Crippen molar-refractivity contribution in [3.05, 3.63) is 35.4 Å². The molecule has 1 rings (SSSR count). The van der Waals surface area contributed by atoms with E-state index in [1.54, 1.807) is 24.3 Å². The van der Waals surface area contributed by atoms with E-state index in [0.29, 0.717) is 5.56 Å². The zero-order chi connectivity index (χ0) is 12.0. The predicted molar refractivity (Wildman–Crippen MR) is 64.5 cm³/mol. The Kier molecular flexibility index (Phi) is 4.99. The number of unbranched alkanes of at least 4 members (excludes halogenated alkanes) is 2. The van der Waals surface area contributed by atoms with E-state index >= 15 is 0 Å². The van der Waals surface area contributed by atoms with Crippen LogP contribution in [-0.2, 0) is 0 Å². The lowest BCUT2D eigenvalue weighted by Gasteiger charge is -2.11. The van der Waals surface area contributed by atoms with Gasteiger partial charge in [-0.3, -0.25) is 0 Å². The first-order valence-electron chi connectivity index (χ1n) is 5.74. The zero-order valence-electron chi connectivity index (χ0n) is 9.65. The third-order valence-corrected chi connectivity index (χ3v) is 2.70. The van der Waals surface area contributed by atoms with Crippen molar-refractivity contribution in [1.29, 1.82) is 0 Å². The number of carboxylic acids is 1. The summed E-state index contributed by atoms with van der Waals surface area (Å²) in [6.07, 6.45) is 4.46. The molecule has 88 valence electrons. The second-order valence-electron chi connectivity index (χ2n) is 4.03. The lowest BCUT2D eigenvalue weighted by atomic mass is 10.0. The quantitative estimate of drug-likeness (QED) is 0.726. The number of hydrogen-bond acceptors (Lipinski definition) is 2. The Morgan fingerprint density at radius 1 is 1.31 bits per heavy atom. The van der Waals surface area contributed by atoms with Crippen LogP contribution in [0.4, 0.5) is 0 Å². The molecule has 0 fully saturated rings. The molecule has 1 aromatic carbocycles. The van der Waals surface area contributed by atoms with Crippen LogP contribution < -0.4 is 5.73 Å². The number of nitrogens with two attached hydrogens (primary N) is 1. The van der Waals surface area contributed by atoms with Crippen LogP contribution >= 0.6 is 0 Å². The first-order chi connectivity index (χ1) is 7.65. The standard InChI is InChI=1S/C13H19NO2/c1-2-3-4-5-12(14)10-6-8-11(9-7-10)13(15)16/h6-9,12H,2-5,14H2,1H3,(H,15,16)/t12-/m0/s1. The van der Waals surface area contributed by atoms with Gasteiger partial charge in [-0.25, -0.2) is 4.79 Å². The van der Waals surface area contributed by atoms with Gasteiger partial charge in [0.25, 0.3) is 0 Å². The number of carbonyl (C=O) groups is 1. The second kappa shape index (κ2) is 6.28. The molecule has 1 atom stereocenters. The Morgan fingerprint density at radius 2 is 1.94 bits per heavy atom. The van der Waals surface area contributed by atoms with Crippen LogP contribution in [-0.4, -0.2) is 11.1 Å². The molecule has 0 radical (unpaired) electrons. The van der Waals surface area contributed by atoms with Crippen LogP contribution in [0.5, 0.6) is 0 Å². The molecule has 0 saturated carbocycles. The van der Waals surface area contributed by atoms with Gasteiger partial charge >= 0.3 is 5.97 Å². The summed E-state index contributed by atoms with van der Waals surface area (Å²) in [4.78, 5) is 10.7. The lowest BCUT2D eigenvalue weighted by Crippen LogP contribution is -2.10. The molecule has 3 N–H and O–H groups in total. The van der Waals surface area contributed by atoms with Gasteiger partial charge in [-0.05, 0) is 24.1 Å². The molecular formula is C13H19NO2. The molecule has 0 spiro atoms. The number of hydrogen-bond donors (Lipinski definition) is 2. The summed E-state index contributed by atoms with van der Waals surface area (Å²) in [7, 11) is 0. The molecule has 3 nitrogen and oxygen atoms in total. The Bertz CT molecular complexity index is 332. The van der Waals surface area contributed by atoms with Gasteiger partial charge in [0, 0.05) is 6.04 Å². The molecule has 16 heavy (non-hydrogen) atoms. The fourth-order valence-electron chi connectivity index (χ4n) is 1.65. The highest BCUT2D eigenvalue weighted by Gasteiger charge is 2.07. The molecule has 0 aliphatic rings. The van der Waals surface area contributed by atoms with Crippen LogP contribution in [0.2, 0.25) is 0 Å². The van der Waals surface area contributed by atoms with Crippen molar-refractivity contribution in [3.63, 3.8) is 0 Å². The van der Waals surface area contributed by atoms with Crippen molar-refractivity contribution in [1.82, 2.24) is 0 Å². The fraction of sp³-hybridized carbons (Fsp3) is 0.462. The maximum absolute atomic E-state index is 10.7. The van der Waals surface area contributed by atoms with E-state index in [1.165, 1.54) is 12.8 Å². The van der Waals surface area contributed by atoms with Crippen LogP contribution in [0.3, 0.4) is 0 Å². The van der Waals surface area contributed by atoms with Crippen LogP contribution in [0, 0.1) is 0 Å². The summed E-state index contributed by atoms with van der Waals surface area (Å²) in [6.45, 7) is 2.16. The smallest absolute Gasteiger partial charge is 0.335 e. The minimum atomic E-state index is -0.897. The van der Waals surface area contributed by atoms with Crippen molar-refractivity contribution in [3.8, 4) is 0 Å². The van der Waals surface area contributed by atoms with Crippen LogP contribution in [0.15, 0.2) is 24.3 Å². The van der Waals surface area contributed by atoms with Crippen molar-refractivity contribution in [2.75, 3.05) is 0 Å². The predicted octanol–water partition coefficient (Wildman–Crippen LogP) is 2.96. The van der Waals surface area contributed by atoms with E-state index in [9.17, 15) is 4.79 Å². The van der Waals surface area contributed by atoms with Crippen molar-refractivity contribution in [2.45, 2.75) is 38.6 Å². The van der Waals surface area contributed by atoms with E-state index < -0.39 is 5.97 Å². The molecule has 0 aliphatic heterocycles. The molecule has 0 heterocycles. The first kappa shape index (κ1) is 12.7. The van der Waals surface area contributed by atoms with E-state index in [4.69, 9.17) is 10.8 Å². The fourth-order valence-corrected chi connectivity index (χ4v) is 1.65. The normalized spacial score (nSPS) is 12.4. The Labute approximate surface area is 96.3 Å². The third kappa shape index (κ3) is 3.66. The highest BCUT2D eigenvalue weighted by atomic mass is 16.4. The highest BCUT2D eigenvalue weighted by Crippen LogP contribution is 2.17. The van der Waals surface area contributed by atoms with Gasteiger partial charge in [0.15, 0.2) is 0 Å². The molecule has 0 bridgehead atoms. The molecule has 1 aromatic rings. The van der Waals surface area contributed by atoms with E-state index in [0.717, 1.165) is 18.4 Å². The zero-order valence-corrected chi connectivity index (χ0v) is 9.65. The summed E-state index contributed by atoms with van der Waals surface area (Å²) < 4.78 is 0. The van der Waals surface area contributed by atoms with Gasteiger partial charge < -0.3 is 10.8 Å². The van der Waals surface area contributed by atoms with Crippen molar-refractivity contribution >= 4 is 5.97 Å². The SMILES string of the molecule is CCCCC[C@H](N)c1ccc(C(=O)O)cc1. The van der Waals surface area contributed by atoms with E-state index in [-0.39, 0.29) is 6.04 Å². The van der Waals surface area contributed by atoms with Gasteiger partial charge in [-0.2, -0.15) is 0 Å². The van der Waals surface area contributed by atoms with Crippen molar-refractivity contribution in [2.24, 2.45) is 5.73 Å². The topological polar surface area (TPSA) is 63.3 Å². The summed E-state index contributed by atoms with van der Waals surface area (Å²) in [5, 5.41) is 8.76. The number of rotatable bonds is 6. The van der Waals surface area contributed by atoms with Gasteiger partial charge in [0.05, 0.1) is 5.56 Å². The average molecular weight is 221 g/mol. The van der Waals surface area contributed by atoms with Crippen molar-refractivity contribution < 1.29 is 9.90 Å². The number of carboxylic acid groups (broad SMARTS) is 1. The van der Waals surface area contributed by atoms with E-state index in [1.807, 2.05) is 0 Å². The largest absolute Gasteiger partial charge is 0.478 e. The third-order valence-electron chi connectivity index (χ3n) is 2.70. The number of aromatic carboxylic acids is 1. The van der Waals surface area contributed by atoms with Gasteiger partial charge in [0.1, 0.15) is 0 Å². The molecule has 0 amide bonds. The highest BCUT2D eigenvalue weighted by molar-refractivity contribution is 5.87. The van der Waals surface area contributed by atoms with Gasteiger partial charge in [-0.15, -0.1) is 0 Å². The van der Waals surface area contributed by atoms with Gasteiger partial charge in [0.2, 0.25) is 0 Å². The monoisotopic (exact) mass is 221 g/mol. The second-order valence-corrected chi connectivity index (χ2v) is 4.03. The van der Waals surface area contributed by atoms with Gasteiger partial charge in [-0.1, -0.05) is 38.3 Å². The Balaban J connectivity index is 2.56. The number of benzene rings is 1. The minimum absolute atomic E-state index is 0.0226. The van der Waals surface area contributed by atoms with Crippen LogP contribution in [0.1, 0.15) is 54.6 Å². The summed E-state index contributed by atoms with van der Waals surface area (Å²) in [5.74, 6) is -0.897. The Hall–Kier alpha value is -1.35. The maximum atomic E-state index is 10.7. The average Bonchev–Trinajstić information content (AvgIpc) is 2.29. The van der Waals surface area contributed by atoms with E-state index in [2.05, 4.69) is 6.92 Å². The lowest BCUT2D eigenvalue weighted by molar-refractivity contribution is 0.0697. The molecule has 0 aromatic heterocycles. The molecular weight excluding hydrogens is 202 g/mol. The molecule has 0 unspecified atom stereocenters. The summed E-state index contributed by atoms with van der Waals surface area (Å²) in [6, 6.07) is 6.85. The molecule has 0 saturated heterocycles. The van der Waals surface area contributed by atoms with Crippen LogP contribution in [0.25, 0.3) is 0 Å². The summed E-state index contributed by atoms with van der Waals surface area (Å²) >= 11 is 0. The first-order valence-corrected chi connectivity index (χ1v) is 5.74. The maximum Gasteiger partial charge on any atom is 0.335 e. The molecule has 0 aliphatic carbocycles.